The van der Waals surface area contributed by atoms with Crippen LogP contribution in [0, 0.1) is 5.92 Å². The molecular weight excluding hydrogens is 216 g/mol. The second kappa shape index (κ2) is 5.62. The van der Waals surface area contributed by atoms with Crippen molar-refractivity contribution < 1.29 is 14.7 Å². The Morgan fingerprint density at radius 1 is 1.35 bits per heavy atom. The maximum atomic E-state index is 11.0. The normalized spacial score (nSPS) is 12.5. The first-order chi connectivity index (χ1) is 7.95. The first kappa shape index (κ1) is 13.4. The molecule has 0 aromatic heterocycles. The molecule has 0 aliphatic carbocycles. The summed E-state index contributed by atoms with van der Waals surface area (Å²) in [6, 6.07) is 5.34. The molecule has 92 valence electrons. The molecule has 0 fully saturated rings. The van der Waals surface area contributed by atoms with Gasteiger partial charge in [0.2, 0.25) is 0 Å². The lowest BCUT2D eigenvalue weighted by Crippen LogP contribution is -2.09. The molecular formula is C14H18O3. The van der Waals surface area contributed by atoms with E-state index in [1.165, 1.54) is 0 Å². The lowest BCUT2D eigenvalue weighted by atomic mass is 9.93. The van der Waals surface area contributed by atoms with Gasteiger partial charge in [0, 0.05) is 5.56 Å². The highest BCUT2D eigenvalue weighted by Crippen LogP contribution is 2.20. The van der Waals surface area contributed by atoms with Crippen LogP contribution in [-0.4, -0.2) is 17.4 Å². The summed E-state index contributed by atoms with van der Waals surface area (Å²) in [6.45, 7) is 5.79. The van der Waals surface area contributed by atoms with Crippen LogP contribution in [-0.2, 0) is 11.2 Å². The monoisotopic (exact) mass is 234 g/mol. The van der Waals surface area contributed by atoms with Crippen molar-refractivity contribution in [3.05, 3.63) is 34.9 Å². The fourth-order valence-corrected chi connectivity index (χ4v) is 1.76. The number of aliphatic carboxylic acids is 1. The lowest BCUT2D eigenvalue weighted by Gasteiger charge is -2.12. The molecule has 0 radical (unpaired) electrons. The zero-order valence-corrected chi connectivity index (χ0v) is 10.4. The third-order valence-corrected chi connectivity index (χ3v) is 2.80. The minimum atomic E-state index is -0.876. The minimum Gasteiger partial charge on any atom is -0.481 e. The Morgan fingerprint density at radius 3 is 2.47 bits per heavy atom. The van der Waals surface area contributed by atoms with Crippen molar-refractivity contribution in [1.29, 1.82) is 0 Å². The van der Waals surface area contributed by atoms with E-state index in [1.807, 2.05) is 6.07 Å². The maximum absolute atomic E-state index is 11.0. The first-order valence-corrected chi connectivity index (χ1v) is 5.76. The molecule has 0 amide bonds. The van der Waals surface area contributed by atoms with Crippen LogP contribution in [0.15, 0.2) is 18.2 Å². The van der Waals surface area contributed by atoms with Gasteiger partial charge in [0.25, 0.3) is 0 Å². The predicted octanol–water partition coefficient (Wildman–Crippen LogP) is 2.89. The molecule has 3 nitrogen and oxygen atoms in total. The Bertz CT molecular complexity index is 421. The van der Waals surface area contributed by atoms with Gasteiger partial charge in [0.15, 0.2) is 0 Å². The van der Waals surface area contributed by atoms with E-state index in [9.17, 15) is 9.59 Å². The number of carboxylic acids is 1. The molecule has 1 aromatic carbocycles. The van der Waals surface area contributed by atoms with Crippen LogP contribution < -0.4 is 0 Å². The van der Waals surface area contributed by atoms with Crippen molar-refractivity contribution in [2.45, 2.75) is 33.1 Å². The molecule has 1 rings (SSSR count). The van der Waals surface area contributed by atoms with E-state index in [4.69, 9.17) is 5.11 Å². The van der Waals surface area contributed by atoms with Gasteiger partial charge >= 0.3 is 5.97 Å². The van der Waals surface area contributed by atoms with Crippen LogP contribution in [0.3, 0.4) is 0 Å². The molecule has 0 heterocycles. The second-order valence-corrected chi connectivity index (χ2v) is 4.73. The number of hydrogen-bond acceptors (Lipinski definition) is 2. The maximum Gasteiger partial charge on any atom is 0.310 e. The fraction of sp³-hybridized carbons (Fsp3) is 0.429. The lowest BCUT2D eigenvalue weighted by molar-refractivity contribution is -0.138. The predicted molar refractivity (Wildman–Crippen MR) is 66.4 cm³/mol. The van der Waals surface area contributed by atoms with Crippen molar-refractivity contribution in [3.63, 3.8) is 0 Å². The van der Waals surface area contributed by atoms with Gasteiger partial charge in [-0.05, 0) is 36.5 Å². The molecule has 0 saturated heterocycles. The summed E-state index contributed by atoms with van der Waals surface area (Å²) < 4.78 is 0. The Hall–Kier alpha value is -1.64. The molecule has 0 spiro atoms. The third kappa shape index (κ3) is 3.41. The molecule has 1 aromatic rings. The molecule has 3 heteroatoms. The topological polar surface area (TPSA) is 54.4 Å². The summed E-state index contributed by atoms with van der Waals surface area (Å²) in [4.78, 5) is 21.9. The Kier molecular flexibility index (Phi) is 4.44. The smallest absolute Gasteiger partial charge is 0.310 e. The molecule has 17 heavy (non-hydrogen) atoms. The van der Waals surface area contributed by atoms with E-state index in [2.05, 4.69) is 13.8 Å². The highest BCUT2D eigenvalue weighted by Gasteiger charge is 2.15. The van der Waals surface area contributed by atoms with Crippen molar-refractivity contribution in [1.82, 2.24) is 0 Å². The largest absolute Gasteiger partial charge is 0.481 e. The van der Waals surface area contributed by atoms with Gasteiger partial charge in [0.1, 0.15) is 6.29 Å². The zero-order valence-electron chi connectivity index (χ0n) is 10.4. The average molecular weight is 234 g/mol. The molecule has 1 atom stereocenters. The molecule has 0 bridgehead atoms. The van der Waals surface area contributed by atoms with Gasteiger partial charge in [-0.1, -0.05) is 26.0 Å². The number of hydrogen-bond donors (Lipinski definition) is 1. The van der Waals surface area contributed by atoms with Gasteiger partial charge in [-0.15, -0.1) is 0 Å². The van der Waals surface area contributed by atoms with Crippen LogP contribution in [0.5, 0.6) is 0 Å². The van der Waals surface area contributed by atoms with Gasteiger partial charge in [-0.2, -0.15) is 0 Å². The summed E-state index contributed by atoms with van der Waals surface area (Å²) in [5.74, 6) is -0.989. The highest BCUT2D eigenvalue weighted by atomic mass is 16.4. The number of benzene rings is 1. The third-order valence-electron chi connectivity index (χ3n) is 2.80. The minimum absolute atomic E-state index is 0.469. The van der Waals surface area contributed by atoms with Crippen LogP contribution in [0.1, 0.15) is 48.2 Å². The summed E-state index contributed by atoms with van der Waals surface area (Å²) in [7, 11) is 0. The van der Waals surface area contributed by atoms with Gasteiger partial charge in [-0.25, -0.2) is 0 Å². The summed E-state index contributed by atoms with van der Waals surface area (Å²) in [5.41, 5.74) is 2.26. The standard InChI is InChI=1S/C14H18O3/c1-9(2)6-12-5-4-11(7-13(12)8-15)10(3)14(16)17/h4-5,7-10H,6H2,1-3H3,(H,16,17). The van der Waals surface area contributed by atoms with Gasteiger partial charge in [0.05, 0.1) is 5.92 Å². The Morgan fingerprint density at radius 2 is 2.00 bits per heavy atom. The van der Waals surface area contributed by atoms with Gasteiger partial charge in [-0.3, -0.25) is 9.59 Å². The molecule has 0 aliphatic heterocycles. The molecule has 1 unspecified atom stereocenters. The highest BCUT2D eigenvalue weighted by molar-refractivity contribution is 5.80. The van der Waals surface area contributed by atoms with Crippen molar-refractivity contribution in [2.75, 3.05) is 0 Å². The summed E-state index contributed by atoms with van der Waals surface area (Å²) in [5, 5.41) is 8.93. The number of aldehydes is 1. The van der Waals surface area contributed by atoms with Crippen LogP contribution in [0.4, 0.5) is 0 Å². The zero-order chi connectivity index (χ0) is 13.0. The second-order valence-electron chi connectivity index (χ2n) is 4.73. The van der Waals surface area contributed by atoms with E-state index >= 15 is 0 Å². The van der Waals surface area contributed by atoms with E-state index < -0.39 is 11.9 Å². The number of carbonyl (C=O) groups is 2. The van der Waals surface area contributed by atoms with E-state index in [0.29, 0.717) is 17.0 Å². The average Bonchev–Trinajstić information content (AvgIpc) is 2.27. The molecule has 1 N–H and O–H groups in total. The quantitative estimate of drug-likeness (QED) is 0.797. The van der Waals surface area contributed by atoms with Crippen molar-refractivity contribution >= 4 is 12.3 Å². The van der Waals surface area contributed by atoms with Crippen LogP contribution in [0.25, 0.3) is 0 Å². The van der Waals surface area contributed by atoms with E-state index in [0.717, 1.165) is 18.3 Å². The number of carbonyl (C=O) groups excluding carboxylic acids is 1. The Balaban J connectivity index is 3.08. The number of carboxylic acid groups (broad SMARTS) is 1. The first-order valence-electron chi connectivity index (χ1n) is 5.76. The Labute approximate surface area is 101 Å². The van der Waals surface area contributed by atoms with Crippen molar-refractivity contribution in [2.24, 2.45) is 5.92 Å². The van der Waals surface area contributed by atoms with Crippen LogP contribution >= 0.6 is 0 Å². The van der Waals surface area contributed by atoms with Crippen molar-refractivity contribution in [3.8, 4) is 0 Å². The number of rotatable bonds is 5. The van der Waals surface area contributed by atoms with E-state index in [-0.39, 0.29) is 0 Å². The SMILES string of the molecule is CC(C)Cc1ccc(C(C)C(=O)O)cc1C=O. The fourth-order valence-electron chi connectivity index (χ4n) is 1.76. The van der Waals surface area contributed by atoms with E-state index in [1.54, 1.807) is 19.1 Å². The summed E-state index contributed by atoms with van der Waals surface area (Å²) in [6.07, 6.45) is 1.63. The molecule has 0 saturated carbocycles. The molecule has 0 aliphatic rings. The van der Waals surface area contributed by atoms with Crippen LogP contribution in [0.2, 0.25) is 0 Å². The summed E-state index contributed by atoms with van der Waals surface area (Å²) >= 11 is 0. The van der Waals surface area contributed by atoms with Gasteiger partial charge < -0.3 is 5.11 Å².